The number of rotatable bonds is 4. The summed E-state index contributed by atoms with van der Waals surface area (Å²) in [6.45, 7) is 1.98. The van der Waals surface area contributed by atoms with Gasteiger partial charge in [-0.15, -0.1) is 0 Å². The Balaban J connectivity index is 1.75. The van der Waals surface area contributed by atoms with Crippen LogP contribution in [0.15, 0.2) is 67.0 Å². The van der Waals surface area contributed by atoms with Crippen molar-refractivity contribution in [1.82, 2.24) is 25.1 Å². The maximum Gasteiger partial charge on any atom is 0.269 e. The zero-order valence-corrected chi connectivity index (χ0v) is 17.2. The summed E-state index contributed by atoms with van der Waals surface area (Å²) in [5.41, 5.74) is 18.1. The molecule has 0 aliphatic heterocycles. The summed E-state index contributed by atoms with van der Waals surface area (Å²) in [4.78, 5) is 25.7. The first-order valence-electron chi connectivity index (χ1n) is 9.95. The van der Waals surface area contributed by atoms with Crippen LogP contribution in [-0.2, 0) is 0 Å². The van der Waals surface area contributed by atoms with Crippen LogP contribution < -0.4 is 11.5 Å². The van der Waals surface area contributed by atoms with E-state index in [1.54, 1.807) is 12.4 Å². The van der Waals surface area contributed by atoms with E-state index in [-0.39, 0.29) is 11.4 Å². The standard InChI is InChI=1S/C24H19N7O/c1-13-8-9-16-15(12-28-31-16)21(13)14-11-20(30-23(22(14)25)24(26)32)19-7-4-6-18(29-19)17-5-2-3-10-27-17/h2-12H,25H2,1H3,(H2,26,32)(H,28,31). The second-order valence-corrected chi connectivity index (χ2v) is 7.39. The molecule has 1 amide bonds. The van der Waals surface area contributed by atoms with E-state index in [1.807, 2.05) is 61.5 Å². The van der Waals surface area contributed by atoms with Crippen molar-refractivity contribution in [1.29, 1.82) is 0 Å². The summed E-state index contributed by atoms with van der Waals surface area (Å²) in [5.74, 6) is -0.705. The normalized spacial score (nSPS) is 11.0. The third-order valence-electron chi connectivity index (χ3n) is 5.33. The van der Waals surface area contributed by atoms with Crippen LogP contribution in [-0.4, -0.2) is 31.1 Å². The molecule has 0 bridgehead atoms. The van der Waals surface area contributed by atoms with E-state index >= 15 is 0 Å². The summed E-state index contributed by atoms with van der Waals surface area (Å²) in [5, 5.41) is 8.01. The molecule has 0 unspecified atom stereocenters. The van der Waals surface area contributed by atoms with Crippen LogP contribution >= 0.6 is 0 Å². The Morgan fingerprint density at radius 2 is 1.72 bits per heavy atom. The molecule has 156 valence electrons. The number of nitrogen functional groups attached to an aromatic ring is 1. The summed E-state index contributed by atoms with van der Waals surface area (Å²) >= 11 is 0. The van der Waals surface area contributed by atoms with Gasteiger partial charge in [0.15, 0.2) is 5.69 Å². The molecule has 0 saturated carbocycles. The van der Waals surface area contributed by atoms with Gasteiger partial charge in [0.05, 0.1) is 40.2 Å². The van der Waals surface area contributed by atoms with Crippen molar-refractivity contribution in [2.24, 2.45) is 5.73 Å². The molecule has 8 heteroatoms. The lowest BCUT2D eigenvalue weighted by Crippen LogP contribution is -2.17. The van der Waals surface area contributed by atoms with E-state index in [0.29, 0.717) is 22.6 Å². The average molecular weight is 421 g/mol. The van der Waals surface area contributed by atoms with E-state index < -0.39 is 5.91 Å². The third kappa shape index (κ3) is 3.24. The molecular weight excluding hydrogens is 402 g/mol. The number of benzene rings is 1. The van der Waals surface area contributed by atoms with Crippen molar-refractivity contribution in [2.45, 2.75) is 6.92 Å². The van der Waals surface area contributed by atoms with Crippen molar-refractivity contribution in [2.75, 3.05) is 5.73 Å². The van der Waals surface area contributed by atoms with Gasteiger partial charge in [0, 0.05) is 17.1 Å². The summed E-state index contributed by atoms with van der Waals surface area (Å²) in [6.07, 6.45) is 3.45. The molecule has 0 saturated heterocycles. The van der Waals surface area contributed by atoms with Crippen molar-refractivity contribution in [3.8, 4) is 33.9 Å². The Morgan fingerprint density at radius 3 is 2.47 bits per heavy atom. The molecule has 0 aliphatic rings. The number of nitrogens with one attached hydrogen (secondary N) is 1. The second kappa shape index (κ2) is 7.59. The van der Waals surface area contributed by atoms with Gasteiger partial charge < -0.3 is 11.5 Å². The molecule has 0 fully saturated rings. The fraction of sp³-hybridized carbons (Fsp3) is 0.0417. The summed E-state index contributed by atoms with van der Waals surface area (Å²) < 4.78 is 0. The number of nitrogens with two attached hydrogens (primary N) is 2. The molecule has 1 aromatic carbocycles. The Morgan fingerprint density at radius 1 is 0.938 bits per heavy atom. The number of aryl methyl sites for hydroxylation is 1. The molecule has 0 atom stereocenters. The van der Waals surface area contributed by atoms with Gasteiger partial charge in [-0.2, -0.15) is 5.10 Å². The lowest BCUT2D eigenvalue weighted by atomic mass is 9.94. The van der Waals surface area contributed by atoms with Gasteiger partial charge in [0.2, 0.25) is 0 Å². The first-order valence-corrected chi connectivity index (χ1v) is 9.95. The fourth-order valence-electron chi connectivity index (χ4n) is 3.80. The lowest BCUT2D eigenvalue weighted by Gasteiger charge is -2.15. The van der Waals surface area contributed by atoms with Crippen LogP contribution in [0.4, 0.5) is 5.69 Å². The second-order valence-electron chi connectivity index (χ2n) is 7.39. The van der Waals surface area contributed by atoms with Gasteiger partial charge in [0.1, 0.15) is 0 Å². The molecule has 4 heterocycles. The number of anilines is 1. The monoisotopic (exact) mass is 421 g/mol. The number of aromatic nitrogens is 5. The van der Waals surface area contributed by atoms with Crippen LogP contribution in [0, 0.1) is 6.92 Å². The van der Waals surface area contributed by atoms with Gasteiger partial charge in [-0.1, -0.05) is 18.2 Å². The smallest absolute Gasteiger partial charge is 0.269 e. The van der Waals surface area contributed by atoms with Crippen molar-refractivity contribution in [3.05, 3.63) is 78.2 Å². The molecule has 32 heavy (non-hydrogen) atoms. The van der Waals surface area contributed by atoms with Crippen LogP contribution in [0.5, 0.6) is 0 Å². The molecule has 0 radical (unpaired) electrons. The van der Waals surface area contributed by atoms with Gasteiger partial charge in [-0.25, -0.2) is 9.97 Å². The largest absolute Gasteiger partial charge is 0.396 e. The van der Waals surface area contributed by atoms with Crippen LogP contribution in [0.3, 0.4) is 0 Å². The van der Waals surface area contributed by atoms with Gasteiger partial charge >= 0.3 is 0 Å². The van der Waals surface area contributed by atoms with Crippen molar-refractivity contribution < 1.29 is 4.79 Å². The zero-order valence-electron chi connectivity index (χ0n) is 17.2. The van der Waals surface area contributed by atoms with E-state index in [0.717, 1.165) is 27.7 Å². The van der Waals surface area contributed by atoms with Gasteiger partial charge in [0.25, 0.3) is 5.91 Å². The van der Waals surface area contributed by atoms with Crippen molar-refractivity contribution >= 4 is 22.5 Å². The molecular formula is C24H19N7O. The Hall–Kier alpha value is -4.59. The summed E-state index contributed by atoms with van der Waals surface area (Å²) in [7, 11) is 0. The number of fused-ring (bicyclic) bond motifs is 1. The van der Waals surface area contributed by atoms with Crippen LogP contribution in [0.1, 0.15) is 16.1 Å². The zero-order chi connectivity index (χ0) is 22.2. The number of pyridine rings is 3. The number of hydrogen-bond acceptors (Lipinski definition) is 6. The van der Waals surface area contributed by atoms with E-state index in [2.05, 4.69) is 20.2 Å². The van der Waals surface area contributed by atoms with Gasteiger partial charge in [-0.3, -0.25) is 14.9 Å². The highest BCUT2D eigenvalue weighted by Gasteiger charge is 2.20. The highest BCUT2D eigenvalue weighted by atomic mass is 16.1. The SMILES string of the molecule is Cc1ccc2[nH]ncc2c1-c1cc(-c2cccc(-c3ccccn3)n2)nc(C(N)=O)c1N. The quantitative estimate of drug-likeness (QED) is 0.404. The molecule has 5 aromatic rings. The fourth-order valence-corrected chi connectivity index (χ4v) is 3.80. The van der Waals surface area contributed by atoms with Gasteiger partial charge in [-0.05, 0) is 54.4 Å². The number of primary amides is 1. The highest BCUT2D eigenvalue weighted by Crippen LogP contribution is 2.37. The first kappa shape index (κ1) is 19.4. The van der Waals surface area contributed by atoms with E-state index in [1.165, 1.54) is 0 Å². The molecule has 5 N–H and O–H groups in total. The molecule has 0 spiro atoms. The number of H-pyrrole nitrogens is 1. The first-order chi connectivity index (χ1) is 15.5. The number of hydrogen-bond donors (Lipinski definition) is 3. The predicted molar refractivity (Wildman–Crippen MR) is 123 cm³/mol. The maximum atomic E-state index is 12.2. The average Bonchev–Trinajstić information content (AvgIpc) is 3.29. The topological polar surface area (TPSA) is 136 Å². The Labute approximate surface area is 183 Å². The summed E-state index contributed by atoms with van der Waals surface area (Å²) in [6, 6.07) is 16.9. The Kier molecular flexibility index (Phi) is 4.59. The third-order valence-corrected chi connectivity index (χ3v) is 5.33. The van der Waals surface area contributed by atoms with Crippen molar-refractivity contribution in [3.63, 3.8) is 0 Å². The number of carbonyl (C=O) groups is 1. The highest BCUT2D eigenvalue weighted by molar-refractivity contribution is 6.05. The molecule has 5 rings (SSSR count). The molecule has 0 aliphatic carbocycles. The predicted octanol–water partition coefficient (Wildman–Crippen LogP) is 3.74. The minimum Gasteiger partial charge on any atom is -0.396 e. The number of aromatic amines is 1. The number of amides is 1. The minimum absolute atomic E-state index is 0.00226. The lowest BCUT2D eigenvalue weighted by molar-refractivity contribution is 0.0996. The number of nitrogens with zero attached hydrogens (tertiary/aromatic N) is 4. The number of carbonyl (C=O) groups excluding carboxylic acids is 1. The minimum atomic E-state index is -0.705. The van der Waals surface area contributed by atoms with E-state index in [4.69, 9.17) is 16.5 Å². The van der Waals surface area contributed by atoms with Crippen LogP contribution in [0.2, 0.25) is 0 Å². The maximum absolute atomic E-state index is 12.2. The van der Waals surface area contributed by atoms with Crippen LogP contribution in [0.25, 0.3) is 44.8 Å². The van der Waals surface area contributed by atoms with E-state index in [9.17, 15) is 4.79 Å². The molecule has 4 aromatic heterocycles. The molecule has 8 nitrogen and oxygen atoms in total. The Bertz CT molecular complexity index is 1480.